The van der Waals surface area contributed by atoms with Crippen molar-refractivity contribution in [1.29, 1.82) is 0 Å². The number of amides is 1. The van der Waals surface area contributed by atoms with Crippen molar-refractivity contribution in [2.24, 2.45) is 0 Å². The molecule has 182 valence electrons. The number of Topliss-reactive ketones (excluding diaryl/α,β-unsaturated/α-hetero) is 1. The number of aromatic nitrogens is 1. The Balaban J connectivity index is 1.77. The zero-order valence-electron chi connectivity index (χ0n) is 19.8. The number of hydrogen-bond acceptors (Lipinski definition) is 7. The average Bonchev–Trinajstić information content (AvgIpc) is 3.32. The lowest BCUT2D eigenvalue weighted by Crippen LogP contribution is -2.33. The molecular formula is C26H25FN2O5S. The standard InChI is InChI=1S/C26H25FN2O5S/c1-14-25(35-15(2)28-14)23(30)21-22(17-7-10-19(33-3)20(13-17)34-4)29(26(32)24(21)31)12-11-16-5-8-18(27)9-6-16/h5-10,13,22,31H,11-12H2,1-4H3. The topological polar surface area (TPSA) is 89.0 Å². The molecule has 0 bridgehead atoms. The lowest BCUT2D eigenvalue weighted by atomic mass is 9.94. The second-order valence-electron chi connectivity index (χ2n) is 8.13. The number of halogens is 1. The van der Waals surface area contributed by atoms with Crippen LogP contribution in [0.3, 0.4) is 0 Å². The first kappa shape index (κ1) is 24.4. The van der Waals surface area contributed by atoms with Crippen LogP contribution < -0.4 is 9.47 Å². The molecule has 0 radical (unpaired) electrons. The number of rotatable bonds is 8. The van der Waals surface area contributed by atoms with E-state index in [0.717, 1.165) is 5.56 Å². The van der Waals surface area contributed by atoms with E-state index in [4.69, 9.17) is 9.47 Å². The van der Waals surface area contributed by atoms with Crippen molar-refractivity contribution in [2.45, 2.75) is 26.3 Å². The van der Waals surface area contributed by atoms with Crippen LogP contribution in [0.15, 0.2) is 53.8 Å². The van der Waals surface area contributed by atoms with Gasteiger partial charge in [-0.1, -0.05) is 18.2 Å². The lowest BCUT2D eigenvalue weighted by Gasteiger charge is -2.27. The van der Waals surface area contributed by atoms with Gasteiger partial charge < -0.3 is 19.5 Å². The Hall–Kier alpha value is -3.72. The van der Waals surface area contributed by atoms with E-state index in [1.54, 1.807) is 44.2 Å². The number of aliphatic hydroxyl groups excluding tert-OH is 1. The number of ether oxygens (including phenoxy) is 2. The average molecular weight is 497 g/mol. The van der Waals surface area contributed by atoms with Crippen LogP contribution in [0.4, 0.5) is 4.39 Å². The second-order valence-corrected chi connectivity index (χ2v) is 9.33. The number of hydrogen-bond donors (Lipinski definition) is 1. The molecular weight excluding hydrogens is 471 g/mol. The molecule has 4 rings (SSSR count). The number of benzene rings is 2. The van der Waals surface area contributed by atoms with Gasteiger partial charge in [-0.15, -0.1) is 11.3 Å². The van der Waals surface area contributed by atoms with Crippen molar-refractivity contribution in [3.63, 3.8) is 0 Å². The molecule has 1 unspecified atom stereocenters. The van der Waals surface area contributed by atoms with Crippen molar-refractivity contribution < 1.29 is 28.6 Å². The highest BCUT2D eigenvalue weighted by atomic mass is 32.1. The Kier molecular flexibility index (Phi) is 6.88. The summed E-state index contributed by atoms with van der Waals surface area (Å²) in [5, 5.41) is 11.6. The van der Waals surface area contributed by atoms with E-state index in [0.29, 0.717) is 39.1 Å². The van der Waals surface area contributed by atoms with Gasteiger partial charge in [-0.25, -0.2) is 9.37 Å². The first-order valence-electron chi connectivity index (χ1n) is 10.9. The molecule has 7 nitrogen and oxygen atoms in total. The molecule has 0 fully saturated rings. The number of methoxy groups -OCH3 is 2. The molecule has 2 heterocycles. The molecule has 0 aliphatic carbocycles. The molecule has 1 aromatic heterocycles. The maximum absolute atomic E-state index is 13.6. The summed E-state index contributed by atoms with van der Waals surface area (Å²) in [6, 6.07) is 10.3. The van der Waals surface area contributed by atoms with Gasteiger partial charge in [0.05, 0.1) is 41.4 Å². The molecule has 2 aromatic carbocycles. The van der Waals surface area contributed by atoms with Crippen molar-refractivity contribution >= 4 is 23.0 Å². The summed E-state index contributed by atoms with van der Waals surface area (Å²) in [5.41, 5.74) is 1.94. The summed E-state index contributed by atoms with van der Waals surface area (Å²) in [6.07, 6.45) is 0.406. The van der Waals surface area contributed by atoms with Crippen LogP contribution in [0, 0.1) is 19.7 Å². The van der Waals surface area contributed by atoms with Gasteiger partial charge >= 0.3 is 0 Å². The van der Waals surface area contributed by atoms with Crippen LogP contribution in [0.2, 0.25) is 0 Å². The second kappa shape index (κ2) is 9.87. The molecule has 1 atom stereocenters. The van der Waals surface area contributed by atoms with E-state index in [2.05, 4.69) is 4.98 Å². The summed E-state index contributed by atoms with van der Waals surface area (Å²) < 4.78 is 24.1. The Morgan fingerprint density at radius 2 is 1.80 bits per heavy atom. The van der Waals surface area contributed by atoms with Gasteiger partial charge in [0.1, 0.15) is 5.82 Å². The highest BCUT2D eigenvalue weighted by Gasteiger charge is 2.44. The molecule has 0 saturated carbocycles. The van der Waals surface area contributed by atoms with E-state index in [9.17, 15) is 19.1 Å². The molecule has 0 saturated heterocycles. The number of aryl methyl sites for hydroxylation is 2. The third-order valence-electron chi connectivity index (χ3n) is 5.94. The molecule has 1 aliphatic heterocycles. The predicted octanol–water partition coefficient (Wildman–Crippen LogP) is 4.74. The van der Waals surface area contributed by atoms with Crippen LogP contribution in [0.1, 0.15) is 37.5 Å². The smallest absolute Gasteiger partial charge is 0.290 e. The highest BCUT2D eigenvalue weighted by Crippen LogP contribution is 2.42. The zero-order valence-corrected chi connectivity index (χ0v) is 20.6. The molecule has 1 aliphatic rings. The first-order chi connectivity index (χ1) is 16.7. The van der Waals surface area contributed by atoms with Crippen LogP contribution in [-0.2, 0) is 11.2 Å². The SMILES string of the molecule is COc1ccc(C2C(C(=O)c3sc(C)nc3C)=C(O)C(=O)N2CCc2ccc(F)cc2)cc1OC. The highest BCUT2D eigenvalue weighted by molar-refractivity contribution is 7.14. The van der Waals surface area contributed by atoms with Gasteiger partial charge in [-0.2, -0.15) is 0 Å². The van der Waals surface area contributed by atoms with E-state index < -0.39 is 23.5 Å². The number of carbonyl (C=O) groups is 2. The van der Waals surface area contributed by atoms with Crippen molar-refractivity contribution in [1.82, 2.24) is 9.88 Å². The molecule has 3 aromatic rings. The van der Waals surface area contributed by atoms with E-state index in [-0.39, 0.29) is 17.9 Å². The summed E-state index contributed by atoms with van der Waals surface area (Å²) >= 11 is 1.22. The van der Waals surface area contributed by atoms with E-state index >= 15 is 0 Å². The number of nitrogens with zero attached hydrogens (tertiary/aromatic N) is 2. The lowest BCUT2D eigenvalue weighted by molar-refractivity contribution is -0.129. The van der Waals surface area contributed by atoms with Crippen LogP contribution >= 0.6 is 11.3 Å². The van der Waals surface area contributed by atoms with Crippen LogP contribution in [-0.4, -0.2) is 47.4 Å². The summed E-state index contributed by atoms with van der Waals surface area (Å²) in [6.45, 7) is 3.72. The van der Waals surface area contributed by atoms with Gasteiger partial charge in [0, 0.05) is 6.54 Å². The number of carbonyl (C=O) groups excluding carboxylic acids is 2. The van der Waals surface area contributed by atoms with E-state index in [1.807, 2.05) is 0 Å². The molecule has 0 spiro atoms. The molecule has 35 heavy (non-hydrogen) atoms. The fourth-order valence-corrected chi connectivity index (χ4v) is 5.12. The Morgan fingerprint density at radius 1 is 1.11 bits per heavy atom. The maximum Gasteiger partial charge on any atom is 0.290 e. The Bertz CT molecular complexity index is 1320. The van der Waals surface area contributed by atoms with Crippen LogP contribution in [0.5, 0.6) is 11.5 Å². The minimum Gasteiger partial charge on any atom is -0.503 e. The molecule has 9 heteroatoms. The van der Waals surface area contributed by atoms with E-state index in [1.165, 1.54) is 42.6 Å². The summed E-state index contributed by atoms with van der Waals surface area (Å²) in [4.78, 5) is 33.0. The maximum atomic E-state index is 13.6. The third kappa shape index (κ3) is 4.64. The minimum atomic E-state index is -0.850. The van der Waals surface area contributed by atoms with Crippen molar-refractivity contribution in [2.75, 3.05) is 20.8 Å². The number of aliphatic hydroxyl groups is 1. The number of thiazole rings is 1. The van der Waals surface area contributed by atoms with Gasteiger partial charge in [-0.3, -0.25) is 9.59 Å². The molecule has 1 N–H and O–H groups in total. The largest absolute Gasteiger partial charge is 0.503 e. The Morgan fingerprint density at radius 3 is 2.40 bits per heavy atom. The van der Waals surface area contributed by atoms with Gasteiger partial charge in [0.2, 0.25) is 5.78 Å². The third-order valence-corrected chi connectivity index (χ3v) is 7.01. The minimum absolute atomic E-state index is 0.00641. The first-order valence-corrected chi connectivity index (χ1v) is 11.8. The number of ketones is 1. The normalized spacial score (nSPS) is 15.6. The summed E-state index contributed by atoms with van der Waals surface area (Å²) in [7, 11) is 3.01. The fourth-order valence-electron chi connectivity index (χ4n) is 4.25. The predicted molar refractivity (Wildman–Crippen MR) is 130 cm³/mol. The fraction of sp³-hybridized carbons (Fsp3) is 0.269. The van der Waals surface area contributed by atoms with Crippen molar-refractivity contribution in [3.05, 3.63) is 86.3 Å². The summed E-state index contributed by atoms with van der Waals surface area (Å²) in [5.74, 6) is -1.10. The zero-order chi connectivity index (χ0) is 25.3. The monoisotopic (exact) mass is 496 g/mol. The molecule has 1 amide bonds. The van der Waals surface area contributed by atoms with Crippen LogP contribution in [0.25, 0.3) is 0 Å². The van der Waals surface area contributed by atoms with Gasteiger partial charge in [-0.05, 0) is 55.7 Å². The Labute approximate surface area is 206 Å². The van der Waals surface area contributed by atoms with Crippen molar-refractivity contribution in [3.8, 4) is 11.5 Å². The quantitative estimate of drug-likeness (QED) is 0.454. The van der Waals surface area contributed by atoms with Gasteiger partial charge in [0.15, 0.2) is 17.3 Å². The van der Waals surface area contributed by atoms with Gasteiger partial charge in [0.25, 0.3) is 5.91 Å².